The number of aromatic nitrogens is 4. The van der Waals surface area contributed by atoms with E-state index in [0.29, 0.717) is 47.8 Å². The Morgan fingerprint density at radius 3 is 2.81 bits per heavy atom. The number of H-pyrrole nitrogens is 1. The number of aromatic amines is 1. The van der Waals surface area contributed by atoms with Crippen LogP contribution in [0.4, 0.5) is 22.0 Å². The molecule has 27 heavy (non-hydrogen) atoms. The number of methoxy groups -OCH3 is 1. The largest absolute Gasteiger partial charge is 0.497 e. The highest BCUT2D eigenvalue weighted by Gasteiger charge is 2.15. The van der Waals surface area contributed by atoms with Crippen LogP contribution in [0, 0.1) is 5.82 Å². The molecule has 1 saturated heterocycles. The third-order valence-corrected chi connectivity index (χ3v) is 4.24. The van der Waals surface area contributed by atoms with E-state index in [1.807, 2.05) is 0 Å². The van der Waals surface area contributed by atoms with Crippen LogP contribution in [0.3, 0.4) is 0 Å². The van der Waals surface area contributed by atoms with Gasteiger partial charge in [0.1, 0.15) is 17.4 Å². The maximum absolute atomic E-state index is 14.2. The average Bonchev–Trinajstić information content (AvgIpc) is 3.17. The van der Waals surface area contributed by atoms with Crippen LogP contribution in [0.5, 0.6) is 5.75 Å². The summed E-state index contributed by atoms with van der Waals surface area (Å²) in [5.74, 6) is 1.86. The van der Waals surface area contributed by atoms with Crippen molar-refractivity contribution in [3.63, 3.8) is 0 Å². The van der Waals surface area contributed by atoms with Crippen molar-refractivity contribution in [3.05, 3.63) is 42.3 Å². The fourth-order valence-electron chi connectivity index (χ4n) is 2.83. The van der Waals surface area contributed by atoms with Gasteiger partial charge in [0.2, 0.25) is 5.95 Å². The van der Waals surface area contributed by atoms with E-state index in [0.717, 1.165) is 13.1 Å². The number of ether oxygens (including phenoxy) is 2. The number of anilines is 3. The van der Waals surface area contributed by atoms with Gasteiger partial charge in [0.05, 0.1) is 26.0 Å². The fraction of sp³-hybridized carbons (Fsp3) is 0.278. The molecule has 0 saturated carbocycles. The van der Waals surface area contributed by atoms with E-state index in [1.165, 1.54) is 13.2 Å². The summed E-state index contributed by atoms with van der Waals surface area (Å²) in [6, 6.07) is 8.16. The smallest absolute Gasteiger partial charge is 0.227 e. The molecule has 2 aromatic heterocycles. The summed E-state index contributed by atoms with van der Waals surface area (Å²) in [6.07, 6.45) is 1.69. The summed E-state index contributed by atoms with van der Waals surface area (Å²) in [5.41, 5.74) is 0.966. The number of benzene rings is 1. The number of rotatable bonds is 5. The SMILES string of the molecule is COc1ccc(-c2cc(Nc3ccnc(N4CCOCC4)n3)n[nH]2)c(F)c1. The van der Waals surface area contributed by atoms with Crippen molar-refractivity contribution < 1.29 is 13.9 Å². The first-order valence-corrected chi connectivity index (χ1v) is 8.55. The number of morpholine rings is 1. The molecule has 0 amide bonds. The summed E-state index contributed by atoms with van der Waals surface area (Å²) in [6.45, 7) is 2.84. The summed E-state index contributed by atoms with van der Waals surface area (Å²) in [5, 5.41) is 10.1. The van der Waals surface area contributed by atoms with Gasteiger partial charge < -0.3 is 19.7 Å². The highest BCUT2D eigenvalue weighted by Crippen LogP contribution is 2.27. The monoisotopic (exact) mass is 370 g/mol. The Labute approximate surface area is 155 Å². The molecule has 3 aromatic rings. The van der Waals surface area contributed by atoms with E-state index in [-0.39, 0.29) is 5.82 Å². The fourth-order valence-corrected chi connectivity index (χ4v) is 2.83. The van der Waals surface area contributed by atoms with Gasteiger partial charge in [0, 0.05) is 37.0 Å². The second-order valence-electron chi connectivity index (χ2n) is 5.98. The van der Waals surface area contributed by atoms with Crippen molar-refractivity contribution in [1.82, 2.24) is 20.2 Å². The Hall–Kier alpha value is -3.20. The molecule has 0 radical (unpaired) electrons. The molecule has 0 spiro atoms. The zero-order chi connectivity index (χ0) is 18.6. The lowest BCUT2D eigenvalue weighted by molar-refractivity contribution is 0.122. The molecule has 1 aliphatic rings. The highest BCUT2D eigenvalue weighted by molar-refractivity contribution is 5.66. The van der Waals surface area contributed by atoms with Gasteiger partial charge >= 0.3 is 0 Å². The van der Waals surface area contributed by atoms with Gasteiger partial charge in [-0.3, -0.25) is 5.10 Å². The standard InChI is InChI=1S/C18H19FN6O2/c1-26-12-2-3-13(14(19)10-12)15-11-17(24-23-15)21-16-4-5-20-18(22-16)25-6-8-27-9-7-25/h2-5,10-11H,6-9H2,1H3,(H2,20,21,22,23,24). The van der Waals surface area contributed by atoms with Crippen molar-refractivity contribution in [3.8, 4) is 17.0 Å². The summed E-state index contributed by atoms with van der Waals surface area (Å²) >= 11 is 0. The van der Waals surface area contributed by atoms with Gasteiger partial charge in [-0.05, 0) is 18.2 Å². The second-order valence-corrected chi connectivity index (χ2v) is 5.98. The highest BCUT2D eigenvalue weighted by atomic mass is 19.1. The van der Waals surface area contributed by atoms with Gasteiger partial charge in [-0.15, -0.1) is 0 Å². The molecular formula is C18H19FN6O2. The number of nitrogens with zero attached hydrogens (tertiary/aromatic N) is 4. The molecule has 1 aliphatic heterocycles. The van der Waals surface area contributed by atoms with E-state index < -0.39 is 0 Å². The van der Waals surface area contributed by atoms with Crippen molar-refractivity contribution in [1.29, 1.82) is 0 Å². The van der Waals surface area contributed by atoms with Crippen LogP contribution in [0.15, 0.2) is 36.5 Å². The molecule has 140 valence electrons. The molecule has 0 bridgehead atoms. The Bertz CT molecular complexity index is 926. The summed E-state index contributed by atoms with van der Waals surface area (Å²) < 4.78 is 24.6. The third kappa shape index (κ3) is 3.82. The maximum Gasteiger partial charge on any atom is 0.227 e. The van der Waals surface area contributed by atoms with Crippen molar-refractivity contribution in [2.75, 3.05) is 43.6 Å². The van der Waals surface area contributed by atoms with Crippen LogP contribution < -0.4 is 15.0 Å². The molecule has 1 fully saturated rings. The lowest BCUT2D eigenvalue weighted by Gasteiger charge is -2.26. The number of hydrogen-bond acceptors (Lipinski definition) is 7. The molecule has 9 heteroatoms. The van der Waals surface area contributed by atoms with Crippen molar-refractivity contribution in [2.24, 2.45) is 0 Å². The van der Waals surface area contributed by atoms with Crippen LogP contribution in [0.2, 0.25) is 0 Å². The topological polar surface area (TPSA) is 88.2 Å². The molecule has 8 nitrogen and oxygen atoms in total. The molecule has 4 rings (SSSR count). The lowest BCUT2D eigenvalue weighted by Crippen LogP contribution is -2.37. The average molecular weight is 370 g/mol. The predicted octanol–water partition coefficient (Wildman–Crippen LogP) is 2.59. The van der Waals surface area contributed by atoms with Crippen LogP contribution >= 0.6 is 0 Å². The van der Waals surface area contributed by atoms with Gasteiger partial charge in [-0.25, -0.2) is 9.37 Å². The quantitative estimate of drug-likeness (QED) is 0.714. The third-order valence-electron chi connectivity index (χ3n) is 4.24. The minimum atomic E-state index is -0.388. The normalized spacial score (nSPS) is 14.2. The minimum Gasteiger partial charge on any atom is -0.497 e. The minimum absolute atomic E-state index is 0.388. The Kier molecular flexibility index (Phi) is 4.84. The summed E-state index contributed by atoms with van der Waals surface area (Å²) in [7, 11) is 1.50. The molecule has 3 heterocycles. The molecule has 0 aliphatic carbocycles. The maximum atomic E-state index is 14.2. The van der Waals surface area contributed by atoms with Crippen LogP contribution in [0.25, 0.3) is 11.3 Å². The Morgan fingerprint density at radius 2 is 2.04 bits per heavy atom. The number of nitrogens with one attached hydrogen (secondary N) is 2. The van der Waals surface area contributed by atoms with E-state index >= 15 is 0 Å². The molecule has 0 atom stereocenters. The Balaban J connectivity index is 1.51. The van der Waals surface area contributed by atoms with Crippen molar-refractivity contribution in [2.45, 2.75) is 0 Å². The Morgan fingerprint density at radius 1 is 1.19 bits per heavy atom. The second kappa shape index (κ2) is 7.58. The zero-order valence-corrected chi connectivity index (χ0v) is 14.8. The first-order chi connectivity index (χ1) is 13.2. The first-order valence-electron chi connectivity index (χ1n) is 8.55. The number of hydrogen-bond donors (Lipinski definition) is 2. The first kappa shape index (κ1) is 17.2. The molecule has 1 aromatic carbocycles. The zero-order valence-electron chi connectivity index (χ0n) is 14.8. The van der Waals surface area contributed by atoms with Crippen LogP contribution in [-0.4, -0.2) is 53.6 Å². The number of halogens is 1. The molecule has 2 N–H and O–H groups in total. The van der Waals surface area contributed by atoms with E-state index in [1.54, 1.807) is 30.5 Å². The van der Waals surface area contributed by atoms with Gasteiger partial charge in [-0.2, -0.15) is 10.1 Å². The van der Waals surface area contributed by atoms with Crippen LogP contribution in [0.1, 0.15) is 0 Å². The molecular weight excluding hydrogens is 351 g/mol. The van der Waals surface area contributed by atoms with Crippen LogP contribution in [-0.2, 0) is 4.74 Å². The van der Waals surface area contributed by atoms with E-state index in [4.69, 9.17) is 9.47 Å². The van der Waals surface area contributed by atoms with E-state index in [2.05, 4.69) is 30.4 Å². The lowest BCUT2D eigenvalue weighted by atomic mass is 10.1. The summed E-state index contributed by atoms with van der Waals surface area (Å²) in [4.78, 5) is 10.9. The van der Waals surface area contributed by atoms with E-state index in [9.17, 15) is 4.39 Å². The van der Waals surface area contributed by atoms with Gasteiger partial charge in [0.15, 0.2) is 5.82 Å². The molecule has 0 unspecified atom stereocenters. The van der Waals surface area contributed by atoms with Crippen molar-refractivity contribution >= 4 is 17.6 Å². The predicted molar refractivity (Wildman–Crippen MR) is 98.9 cm³/mol. The van der Waals surface area contributed by atoms with Gasteiger partial charge in [-0.1, -0.05) is 0 Å². The van der Waals surface area contributed by atoms with Gasteiger partial charge in [0.25, 0.3) is 0 Å².